The Morgan fingerprint density at radius 1 is 0.567 bits per heavy atom. The monoisotopic (exact) mass is 897 g/mol. The fraction of sp³-hybridized carbons (Fsp3) is 0.129. The lowest BCUT2D eigenvalue weighted by molar-refractivity contribution is 0.764. The normalized spacial score (nSPS) is 16.7. The van der Waals surface area contributed by atoms with E-state index in [4.69, 9.17) is 9.98 Å². The summed E-state index contributed by atoms with van der Waals surface area (Å²) in [6.45, 7) is 4.59. The first-order valence-corrected chi connectivity index (χ1v) is 25.3. The zero-order valence-electron chi connectivity index (χ0n) is 37.5. The molecule has 0 fully saturated rings. The van der Waals surface area contributed by atoms with Gasteiger partial charge in [-0.25, -0.2) is 4.99 Å². The molecule has 10 aromatic rings. The standard InChI is InChI=1S/C62H47N3S2/c1-3-38-34-35-56-61(50-21-5-7-28-54(50)67-56)65-60(38)52-36-51(48-26-13-29-55-59(48)49-20-4-6-27-53(49)66-55)63-62(64-52)43-32-30-39(31-33-43)46-24-10-19-42-17-9-16-40-14-8-15-41-18-11-25-47(57(40)41)44-22-12-23-45(37(44)2)58(42)46/h4-8,10-15,18-36,38,52H,3,9,16-17H2,1-2H3,(H,63,64). The minimum absolute atomic E-state index is 0.159. The van der Waals surface area contributed by atoms with Gasteiger partial charge >= 0.3 is 0 Å². The summed E-state index contributed by atoms with van der Waals surface area (Å²) in [5.74, 6) is 1.02. The lowest BCUT2D eigenvalue weighted by Gasteiger charge is -2.28. The maximum absolute atomic E-state index is 5.63. The second kappa shape index (κ2) is 16.3. The van der Waals surface area contributed by atoms with E-state index in [0.717, 1.165) is 59.7 Å². The second-order valence-electron chi connectivity index (χ2n) is 18.2. The van der Waals surface area contributed by atoms with Crippen molar-refractivity contribution in [2.75, 3.05) is 0 Å². The number of nitrogens with zero attached hydrogens (tertiary/aromatic N) is 2. The van der Waals surface area contributed by atoms with Crippen LogP contribution in [-0.4, -0.2) is 17.6 Å². The Labute approximate surface area is 399 Å². The highest BCUT2D eigenvalue weighted by atomic mass is 32.1. The molecule has 4 heterocycles. The Bertz CT molecular complexity index is 3760. The molecule has 2 aromatic heterocycles. The van der Waals surface area contributed by atoms with Gasteiger partial charge in [0, 0.05) is 47.3 Å². The zero-order valence-corrected chi connectivity index (χ0v) is 39.1. The number of aryl methyl sites for hydroxylation is 2. The van der Waals surface area contributed by atoms with E-state index in [1.165, 1.54) is 96.0 Å². The Balaban J connectivity index is 0.940. The van der Waals surface area contributed by atoms with Crippen molar-refractivity contribution < 1.29 is 0 Å². The highest BCUT2D eigenvalue weighted by Gasteiger charge is 2.30. The molecule has 2 aliphatic heterocycles. The molecule has 0 spiro atoms. The molecule has 1 N–H and O–H groups in total. The number of hydrogen-bond acceptors (Lipinski definition) is 5. The number of fused-ring (bicyclic) bond motifs is 11. The lowest BCUT2D eigenvalue weighted by atomic mass is 9.84. The van der Waals surface area contributed by atoms with E-state index >= 15 is 0 Å². The van der Waals surface area contributed by atoms with E-state index in [9.17, 15) is 0 Å². The molecule has 322 valence electrons. The van der Waals surface area contributed by atoms with Crippen LogP contribution in [0.25, 0.3) is 86.2 Å². The van der Waals surface area contributed by atoms with E-state index < -0.39 is 0 Å². The van der Waals surface area contributed by atoms with Gasteiger partial charge < -0.3 is 5.32 Å². The minimum atomic E-state index is -0.181. The van der Waals surface area contributed by atoms with E-state index in [1.807, 2.05) is 22.7 Å². The molecule has 5 heteroatoms. The van der Waals surface area contributed by atoms with Crippen LogP contribution in [0, 0.1) is 12.8 Å². The SMILES string of the molecule is CCC1C=Cc2sc3ccccc3c2N=C1C1C=C(c2cccc3sc4ccccc4c23)N=C(c2ccc(-c3cccc4c3-c3cccc(c3C)-c3cccc5cccc(c35)CCC4)cc2)N1. The summed E-state index contributed by atoms with van der Waals surface area (Å²) in [6, 6.07) is 60.6. The molecule has 0 saturated heterocycles. The lowest BCUT2D eigenvalue weighted by Crippen LogP contribution is -2.44. The third kappa shape index (κ3) is 6.74. The molecule has 1 aliphatic carbocycles. The van der Waals surface area contributed by atoms with Gasteiger partial charge in [0.2, 0.25) is 0 Å². The summed E-state index contributed by atoms with van der Waals surface area (Å²) in [7, 11) is 0. The number of amidine groups is 1. The van der Waals surface area contributed by atoms with Gasteiger partial charge in [0.1, 0.15) is 5.84 Å². The van der Waals surface area contributed by atoms with E-state index in [0.29, 0.717) is 0 Å². The van der Waals surface area contributed by atoms with E-state index in [1.54, 1.807) is 0 Å². The predicted molar refractivity (Wildman–Crippen MR) is 290 cm³/mol. The number of benzene rings is 8. The zero-order chi connectivity index (χ0) is 44.6. The Morgan fingerprint density at radius 3 is 2.09 bits per heavy atom. The van der Waals surface area contributed by atoms with Crippen molar-refractivity contribution in [1.29, 1.82) is 0 Å². The summed E-state index contributed by atoms with van der Waals surface area (Å²) in [5, 5.41) is 10.4. The van der Waals surface area contributed by atoms with Crippen LogP contribution in [0.5, 0.6) is 0 Å². The molecule has 13 rings (SSSR count). The van der Waals surface area contributed by atoms with Gasteiger partial charge in [-0.3, -0.25) is 4.99 Å². The van der Waals surface area contributed by atoms with Crippen molar-refractivity contribution in [2.24, 2.45) is 15.9 Å². The first kappa shape index (κ1) is 40.1. The predicted octanol–water partition coefficient (Wildman–Crippen LogP) is 16.8. The average molecular weight is 898 g/mol. The minimum Gasteiger partial charge on any atom is -0.358 e. The third-order valence-corrected chi connectivity index (χ3v) is 16.6. The van der Waals surface area contributed by atoms with Crippen LogP contribution in [0.1, 0.15) is 52.5 Å². The molecule has 2 unspecified atom stereocenters. The topological polar surface area (TPSA) is 36.8 Å². The van der Waals surface area contributed by atoms with Gasteiger partial charge in [0.25, 0.3) is 0 Å². The van der Waals surface area contributed by atoms with Crippen molar-refractivity contribution in [3.63, 3.8) is 0 Å². The number of allylic oxidation sites excluding steroid dienone is 1. The van der Waals surface area contributed by atoms with Gasteiger partial charge in [-0.2, -0.15) is 0 Å². The summed E-state index contributed by atoms with van der Waals surface area (Å²) < 4.78 is 3.82. The highest BCUT2D eigenvalue weighted by molar-refractivity contribution is 7.25. The number of aliphatic imine (C=N–C) groups is 2. The Morgan fingerprint density at radius 2 is 1.22 bits per heavy atom. The number of thiophene rings is 2. The van der Waals surface area contributed by atoms with Crippen LogP contribution in [0.4, 0.5) is 5.69 Å². The summed E-state index contributed by atoms with van der Waals surface area (Å²) >= 11 is 3.68. The number of rotatable bonds is 5. The fourth-order valence-corrected chi connectivity index (χ4v) is 13.3. The summed E-state index contributed by atoms with van der Waals surface area (Å²) in [5.41, 5.74) is 17.3. The van der Waals surface area contributed by atoms with Gasteiger partial charge in [0.05, 0.1) is 28.0 Å². The summed E-state index contributed by atoms with van der Waals surface area (Å²) in [6.07, 6.45) is 11.1. The molecule has 0 saturated carbocycles. The third-order valence-electron chi connectivity index (χ3n) is 14.4. The van der Waals surface area contributed by atoms with Gasteiger partial charge in [-0.1, -0.05) is 159 Å². The van der Waals surface area contributed by atoms with Gasteiger partial charge in [-0.05, 0) is 124 Å². The molecule has 3 nitrogen and oxygen atoms in total. The van der Waals surface area contributed by atoms with E-state index in [-0.39, 0.29) is 12.0 Å². The molecule has 0 amide bonds. The van der Waals surface area contributed by atoms with Crippen LogP contribution in [0.2, 0.25) is 0 Å². The average Bonchev–Trinajstić information content (AvgIpc) is 3.87. The molecule has 8 aromatic carbocycles. The first-order chi connectivity index (χ1) is 33.1. The Kier molecular flexibility index (Phi) is 9.76. The van der Waals surface area contributed by atoms with Crippen molar-refractivity contribution in [3.05, 3.63) is 209 Å². The van der Waals surface area contributed by atoms with Crippen LogP contribution < -0.4 is 5.32 Å². The summed E-state index contributed by atoms with van der Waals surface area (Å²) in [4.78, 5) is 12.4. The quantitative estimate of drug-likeness (QED) is 0.184. The van der Waals surface area contributed by atoms with Crippen molar-refractivity contribution >= 4 is 92.7 Å². The van der Waals surface area contributed by atoms with Gasteiger partial charge in [-0.15, -0.1) is 22.7 Å². The molecular weight excluding hydrogens is 851 g/mol. The largest absolute Gasteiger partial charge is 0.358 e. The van der Waals surface area contributed by atoms with Crippen LogP contribution in [-0.2, 0) is 12.8 Å². The second-order valence-corrected chi connectivity index (χ2v) is 20.4. The highest BCUT2D eigenvalue weighted by Crippen LogP contribution is 2.45. The van der Waals surface area contributed by atoms with E-state index in [2.05, 4.69) is 201 Å². The molecule has 3 aliphatic rings. The smallest absolute Gasteiger partial charge is 0.134 e. The van der Waals surface area contributed by atoms with Crippen molar-refractivity contribution in [1.82, 2.24) is 5.32 Å². The maximum atomic E-state index is 5.63. The Hall–Kier alpha value is -7.18. The number of nitrogens with one attached hydrogen (secondary N) is 1. The maximum Gasteiger partial charge on any atom is 0.134 e. The molecule has 0 radical (unpaired) electrons. The van der Waals surface area contributed by atoms with Crippen LogP contribution in [0.3, 0.4) is 0 Å². The molecular formula is C62H47N3S2. The fourth-order valence-electron chi connectivity index (χ4n) is 11.1. The van der Waals surface area contributed by atoms with Crippen molar-refractivity contribution in [3.8, 4) is 33.4 Å². The van der Waals surface area contributed by atoms with Crippen molar-refractivity contribution in [2.45, 2.75) is 45.6 Å². The first-order valence-electron chi connectivity index (χ1n) is 23.7. The molecule has 2 atom stereocenters. The van der Waals surface area contributed by atoms with Crippen LogP contribution in [0.15, 0.2) is 186 Å². The van der Waals surface area contributed by atoms with Gasteiger partial charge in [0.15, 0.2) is 0 Å². The molecule has 67 heavy (non-hydrogen) atoms. The number of hydrogen-bond donors (Lipinski definition) is 1. The molecule has 2 bridgehead atoms. The van der Waals surface area contributed by atoms with Crippen LogP contribution >= 0.6 is 22.7 Å².